The number of hydrogen-bond acceptors (Lipinski definition) is 2. The molecule has 4 rings (SSSR count). The third kappa shape index (κ3) is 4.48. The first-order valence-electron chi connectivity index (χ1n) is 11.5. The fourth-order valence-corrected chi connectivity index (χ4v) is 4.91. The summed E-state index contributed by atoms with van der Waals surface area (Å²) < 4.78 is 2.27. The summed E-state index contributed by atoms with van der Waals surface area (Å²) in [6, 6.07) is 19.0. The van der Waals surface area contributed by atoms with Crippen LogP contribution in [0, 0.1) is 31.1 Å². The highest BCUT2D eigenvalue weighted by molar-refractivity contribution is 6.04. The van der Waals surface area contributed by atoms with Crippen LogP contribution in [0.3, 0.4) is 0 Å². The average Bonchev–Trinajstić information content (AvgIpc) is 3.04. The molecule has 2 atom stereocenters. The van der Waals surface area contributed by atoms with Gasteiger partial charge in [-0.15, -0.1) is 0 Å². The second kappa shape index (κ2) is 9.44. The van der Waals surface area contributed by atoms with E-state index in [0.717, 1.165) is 48.0 Å². The Labute approximate surface area is 190 Å². The zero-order valence-corrected chi connectivity index (χ0v) is 19.2. The van der Waals surface area contributed by atoms with Crippen LogP contribution in [0.1, 0.15) is 55.0 Å². The van der Waals surface area contributed by atoms with Crippen molar-refractivity contribution in [2.24, 2.45) is 5.92 Å². The van der Waals surface area contributed by atoms with E-state index in [1.807, 2.05) is 12.1 Å². The van der Waals surface area contributed by atoms with E-state index >= 15 is 0 Å². The minimum Gasteiger partial charge on any atom is -0.348 e. The molecule has 0 aliphatic heterocycles. The number of carbonyl (C=O) groups is 1. The monoisotopic (exact) mass is 425 g/mol. The molecule has 4 heteroatoms. The van der Waals surface area contributed by atoms with Gasteiger partial charge in [0.2, 0.25) is 0 Å². The Hall–Kier alpha value is -3.32. The van der Waals surface area contributed by atoms with Gasteiger partial charge in [-0.1, -0.05) is 67.8 Å². The molecule has 0 unspecified atom stereocenters. The number of aromatic nitrogens is 1. The molecular weight excluding hydrogens is 394 g/mol. The first-order valence-corrected chi connectivity index (χ1v) is 11.5. The largest absolute Gasteiger partial charge is 0.348 e. The number of nitrogens with zero attached hydrogens (tertiary/aromatic N) is 2. The standard InChI is InChI=1S/C28H31N3O/c1-19-9-8-11-22(15-19)18-31-21(3)25(24-12-5-7-14-27(24)31)16-23(17-29)28(32)30-26-13-6-4-10-20(26)2/h5,7-9,11-12,14-16,20,26H,4,6,10,13,18H2,1-3H3,(H,30,32)/b23-16+/t20-,26+/m1/s1. The summed E-state index contributed by atoms with van der Waals surface area (Å²) >= 11 is 0. The van der Waals surface area contributed by atoms with Crippen molar-refractivity contribution in [3.8, 4) is 6.07 Å². The van der Waals surface area contributed by atoms with Crippen LogP contribution in [-0.2, 0) is 11.3 Å². The molecule has 1 fully saturated rings. The summed E-state index contributed by atoms with van der Waals surface area (Å²) in [6.45, 7) is 7.10. The molecule has 1 aliphatic rings. The second-order valence-electron chi connectivity index (χ2n) is 9.10. The van der Waals surface area contributed by atoms with Gasteiger partial charge in [0, 0.05) is 34.7 Å². The van der Waals surface area contributed by atoms with E-state index in [-0.39, 0.29) is 17.5 Å². The third-order valence-electron chi connectivity index (χ3n) is 6.78. The van der Waals surface area contributed by atoms with Gasteiger partial charge in [0.1, 0.15) is 11.6 Å². The summed E-state index contributed by atoms with van der Waals surface area (Å²) in [5.74, 6) is 0.187. The highest BCUT2D eigenvalue weighted by atomic mass is 16.1. The molecule has 1 N–H and O–H groups in total. The smallest absolute Gasteiger partial charge is 0.262 e. The molecule has 164 valence electrons. The first kappa shape index (κ1) is 21.9. The molecule has 0 bridgehead atoms. The number of aryl methyl sites for hydroxylation is 1. The van der Waals surface area contributed by atoms with Crippen molar-refractivity contribution in [2.45, 2.75) is 59.0 Å². The van der Waals surface area contributed by atoms with Crippen molar-refractivity contribution in [3.63, 3.8) is 0 Å². The highest BCUT2D eigenvalue weighted by Gasteiger charge is 2.24. The van der Waals surface area contributed by atoms with Gasteiger partial charge < -0.3 is 9.88 Å². The van der Waals surface area contributed by atoms with Crippen LogP contribution >= 0.6 is 0 Å². The number of hydrogen-bond donors (Lipinski definition) is 1. The summed E-state index contributed by atoms with van der Waals surface area (Å²) in [6.07, 6.45) is 6.23. The lowest BCUT2D eigenvalue weighted by atomic mass is 9.86. The van der Waals surface area contributed by atoms with E-state index < -0.39 is 0 Å². The van der Waals surface area contributed by atoms with Gasteiger partial charge in [-0.25, -0.2) is 0 Å². The Morgan fingerprint density at radius 3 is 2.69 bits per heavy atom. The van der Waals surface area contributed by atoms with Gasteiger partial charge in [0.15, 0.2) is 0 Å². The van der Waals surface area contributed by atoms with Crippen molar-refractivity contribution in [1.82, 2.24) is 9.88 Å². The topological polar surface area (TPSA) is 57.8 Å². The Balaban J connectivity index is 1.70. The maximum atomic E-state index is 13.0. The van der Waals surface area contributed by atoms with Crippen molar-refractivity contribution in [3.05, 3.63) is 76.5 Å². The molecule has 1 aliphatic carbocycles. The Morgan fingerprint density at radius 2 is 1.94 bits per heavy atom. The minimum atomic E-state index is -0.263. The van der Waals surface area contributed by atoms with E-state index in [9.17, 15) is 10.1 Å². The normalized spacial score (nSPS) is 19.0. The number of para-hydroxylation sites is 1. The van der Waals surface area contributed by atoms with Crippen LogP contribution in [0.25, 0.3) is 17.0 Å². The molecule has 4 nitrogen and oxygen atoms in total. The Kier molecular flexibility index (Phi) is 6.46. The van der Waals surface area contributed by atoms with Gasteiger partial charge >= 0.3 is 0 Å². The molecule has 0 spiro atoms. The van der Waals surface area contributed by atoms with Crippen molar-refractivity contribution in [1.29, 1.82) is 5.26 Å². The molecule has 2 aromatic carbocycles. The minimum absolute atomic E-state index is 0.150. The maximum absolute atomic E-state index is 13.0. The van der Waals surface area contributed by atoms with Crippen molar-refractivity contribution < 1.29 is 4.79 Å². The lowest BCUT2D eigenvalue weighted by Crippen LogP contribution is -2.41. The van der Waals surface area contributed by atoms with Crippen LogP contribution in [-0.4, -0.2) is 16.5 Å². The fourth-order valence-electron chi connectivity index (χ4n) is 4.91. The maximum Gasteiger partial charge on any atom is 0.262 e. The van der Waals surface area contributed by atoms with Crippen LogP contribution < -0.4 is 5.32 Å². The average molecular weight is 426 g/mol. The molecule has 3 aromatic rings. The van der Waals surface area contributed by atoms with E-state index in [1.165, 1.54) is 17.5 Å². The third-order valence-corrected chi connectivity index (χ3v) is 6.78. The summed E-state index contributed by atoms with van der Waals surface area (Å²) in [5.41, 5.74) is 5.74. The molecule has 0 saturated heterocycles. The lowest BCUT2D eigenvalue weighted by Gasteiger charge is -2.29. The zero-order chi connectivity index (χ0) is 22.7. The van der Waals surface area contributed by atoms with E-state index in [0.29, 0.717) is 5.92 Å². The van der Waals surface area contributed by atoms with Crippen molar-refractivity contribution >= 4 is 22.9 Å². The van der Waals surface area contributed by atoms with Gasteiger partial charge in [0.25, 0.3) is 5.91 Å². The van der Waals surface area contributed by atoms with Crippen LogP contribution in [0.2, 0.25) is 0 Å². The lowest BCUT2D eigenvalue weighted by molar-refractivity contribution is -0.118. The Morgan fingerprint density at radius 1 is 1.16 bits per heavy atom. The number of benzene rings is 2. The van der Waals surface area contributed by atoms with Crippen LogP contribution in [0.15, 0.2) is 54.1 Å². The predicted octanol–water partition coefficient (Wildman–Crippen LogP) is 5.91. The number of nitriles is 1. The molecule has 32 heavy (non-hydrogen) atoms. The summed E-state index contributed by atoms with van der Waals surface area (Å²) in [7, 11) is 0. The molecule has 1 heterocycles. The van der Waals surface area contributed by atoms with Gasteiger partial charge in [0.05, 0.1) is 0 Å². The SMILES string of the molecule is Cc1cccc(Cn2c(C)c(/C=C(\C#N)C(=O)N[C@H]3CCCC[C@H]3C)c3ccccc32)c1. The van der Waals surface area contributed by atoms with Gasteiger partial charge in [-0.3, -0.25) is 4.79 Å². The van der Waals surface area contributed by atoms with Crippen LogP contribution in [0.5, 0.6) is 0 Å². The zero-order valence-electron chi connectivity index (χ0n) is 19.2. The Bertz CT molecular complexity index is 1210. The molecule has 1 amide bonds. The number of carbonyl (C=O) groups excluding carboxylic acids is 1. The van der Waals surface area contributed by atoms with Crippen molar-refractivity contribution in [2.75, 3.05) is 0 Å². The molecule has 1 saturated carbocycles. The summed E-state index contributed by atoms with van der Waals surface area (Å²) in [5, 5.41) is 14.0. The molecule has 1 aromatic heterocycles. The van der Waals surface area contributed by atoms with E-state index in [1.54, 1.807) is 6.08 Å². The molecular formula is C28H31N3O. The number of fused-ring (bicyclic) bond motifs is 1. The van der Waals surface area contributed by atoms with E-state index in [2.05, 4.69) is 73.1 Å². The van der Waals surface area contributed by atoms with E-state index in [4.69, 9.17) is 0 Å². The predicted molar refractivity (Wildman–Crippen MR) is 130 cm³/mol. The highest BCUT2D eigenvalue weighted by Crippen LogP contribution is 2.29. The molecule has 0 radical (unpaired) electrons. The summed E-state index contributed by atoms with van der Waals surface area (Å²) in [4.78, 5) is 13.0. The quantitative estimate of drug-likeness (QED) is 0.408. The number of rotatable bonds is 5. The van der Waals surface area contributed by atoms with Crippen LogP contribution in [0.4, 0.5) is 0 Å². The number of amides is 1. The van der Waals surface area contributed by atoms with Gasteiger partial charge in [-0.05, 0) is 50.3 Å². The fraction of sp³-hybridized carbons (Fsp3) is 0.357. The van der Waals surface area contributed by atoms with Gasteiger partial charge in [-0.2, -0.15) is 5.26 Å². The number of nitrogens with one attached hydrogen (secondary N) is 1. The first-order chi connectivity index (χ1) is 15.5. The second-order valence-corrected chi connectivity index (χ2v) is 9.10.